The zero-order valence-corrected chi connectivity index (χ0v) is 10.8. The van der Waals surface area contributed by atoms with Gasteiger partial charge < -0.3 is 23.9 Å². The van der Waals surface area contributed by atoms with Gasteiger partial charge in [0.15, 0.2) is 0 Å². The number of anilines is 1. The minimum atomic E-state index is 0. The summed E-state index contributed by atoms with van der Waals surface area (Å²) in [4.78, 5) is 4.02. The first-order valence-corrected chi connectivity index (χ1v) is 3.64. The fraction of sp³-hybridized carbons (Fsp3) is 0. The van der Waals surface area contributed by atoms with Gasteiger partial charge in [0.1, 0.15) is 0 Å². The molecule has 2 rings (SSSR count). The summed E-state index contributed by atoms with van der Waals surface area (Å²) in [5, 5.41) is 0.911. The van der Waals surface area contributed by atoms with Crippen LogP contribution in [0, 0.1) is 7.43 Å². The van der Waals surface area contributed by atoms with E-state index in [4.69, 9.17) is 11.5 Å². The molecular weight excluding hydrogens is 251 g/mol. The van der Waals surface area contributed by atoms with E-state index < -0.39 is 0 Å². The number of nitrogens with zero attached hydrogens (tertiary/aromatic N) is 1. The minimum Gasteiger partial charge on any atom is -0.482 e. The van der Waals surface area contributed by atoms with E-state index in [0.29, 0.717) is 5.69 Å². The van der Waals surface area contributed by atoms with Gasteiger partial charge in [-0.15, -0.1) is 0 Å². The van der Waals surface area contributed by atoms with E-state index >= 15 is 0 Å². The van der Waals surface area contributed by atoms with Gasteiger partial charge in [-0.1, -0.05) is 30.1 Å². The Kier molecular flexibility index (Phi) is 5.02. The van der Waals surface area contributed by atoms with Crippen LogP contribution in [0.1, 0.15) is 0 Å². The van der Waals surface area contributed by atoms with Crippen LogP contribution >= 0.6 is 0 Å². The number of aromatic nitrogens is 1. The zero-order chi connectivity index (χ0) is 8.55. The van der Waals surface area contributed by atoms with Crippen molar-refractivity contribution in [2.45, 2.75) is 0 Å². The fourth-order valence-electron chi connectivity index (χ4n) is 1.18. The number of hydrogen-bond donors (Lipinski definition) is 1. The maximum Gasteiger partial charge on any atom is 0.0390 e. The molecule has 1 heterocycles. The van der Waals surface area contributed by atoms with Crippen molar-refractivity contribution in [2.75, 3.05) is 5.73 Å². The van der Waals surface area contributed by atoms with Gasteiger partial charge in [-0.2, -0.15) is 0 Å². The quantitative estimate of drug-likeness (QED) is 0.586. The van der Waals surface area contributed by atoms with Crippen molar-refractivity contribution in [3.8, 4) is 0 Å². The van der Waals surface area contributed by atoms with Crippen molar-refractivity contribution in [3.63, 3.8) is 0 Å². The van der Waals surface area contributed by atoms with Crippen LogP contribution in [0.5, 0.6) is 0 Å². The van der Waals surface area contributed by atoms with Crippen LogP contribution in [0.3, 0.4) is 0 Å². The van der Waals surface area contributed by atoms with E-state index in [1.807, 2.05) is 24.3 Å². The van der Waals surface area contributed by atoms with Gasteiger partial charge in [0.2, 0.25) is 0 Å². The monoisotopic (exact) mass is 262 g/mol. The number of rotatable bonds is 0. The smallest absolute Gasteiger partial charge is 0.0390 e. The third-order valence-corrected chi connectivity index (χ3v) is 1.77. The second-order valence-electron chi connectivity index (χ2n) is 2.61. The van der Waals surface area contributed by atoms with Crippen LogP contribution in [0.15, 0.2) is 30.3 Å². The van der Waals surface area contributed by atoms with Crippen molar-refractivity contribution < 1.29 is 32.7 Å². The maximum atomic E-state index is 7.30. The van der Waals surface area contributed by atoms with E-state index in [9.17, 15) is 0 Å². The van der Waals surface area contributed by atoms with E-state index in [0.717, 1.165) is 10.9 Å². The summed E-state index contributed by atoms with van der Waals surface area (Å²) in [5.74, 6) is 0.271. The Labute approximate surface area is 109 Å². The molecule has 0 saturated heterocycles. The molecule has 0 aliphatic rings. The molecule has 0 unspecified atom stereocenters. The topological polar surface area (TPSA) is 62.7 Å². The van der Waals surface area contributed by atoms with Crippen LogP contribution in [0.25, 0.3) is 16.6 Å². The summed E-state index contributed by atoms with van der Waals surface area (Å²) >= 11 is 0. The molecule has 1 aromatic carbocycles. The van der Waals surface area contributed by atoms with Crippen LogP contribution in [-0.4, -0.2) is 4.98 Å². The Bertz CT molecular complexity index is 429. The van der Waals surface area contributed by atoms with Gasteiger partial charge in [0.25, 0.3) is 0 Å². The molecule has 1 aromatic heterocycles. The first kappa shape index (κ1) is 13.3. The SMILES string of the molecule is [CH3-].[NH-]c1ccc2c(N)cccc2n1.[Y]. The van der Waals surface area contributed by atoms with E-state index in [-0.39, 0.29) is 46.0 Å². The fourth-order valence-corrected chi connectivity index (χ4v) is 1.18. The van der Waals surface area contributed by atoms with Crippen molar-refractivity contribution in [2.24, 2.45) is 0 Å². The summed E-state index contributed by atoms with van der Waals surface area (Å²) in [5.41, 5.74) is 14.5. The van der Waals surface area contributed by atoms with Gasteiger partial charge in [-0.25, -0.2) is 0 Å². The summed E-state index contributed by atoms with van der Waals surface area (Å²) in [6.07, 6.45) is 0. The van der Waals surface area contributed by atoms with Crippen molar-refractivity contribution in [1.29, 1.82) is 0 Å². The van der Waals surface area contributed by atoms with E-state index in [1.54, 1.807) is 6.07 Å². The van der Waals surface area contributed by atoms with Crippen molar-refractivity contribution in [1.82, 2.24) is 4.98 Å². The van der Waals surface area contributed by atoms with Gasteiger partial charge in [0, 0.05) is 43.8 Å². The van der Waals surface area contributed by atoms with Crippen LogP contribution < -0.4 is 5.73 Å². The van der Waals surface area contributed by atoms with Crippen LogP contribution in [0.2, 0.25) is 0 Å². The number of pyridine rings is 1. The summed E-state index contributed by atoms with van der Waals surface area (Å²) < 4.78 is 0. The number of nitrogens with one attached hydrogen (secondary N) is 1. The molecule has 1 radical (unpaired) electrons. The largest absolute Gasteiger partial charge is 0.482 e. The molecule has 0 atom stereocenters. The molecular formula is C10H11N3Y-2. The summed E-state index contributed by atoms with van der Waals surface area (Å²) in [7, 11) is 0. The van der Waals surface area contributed by atoms with Crippen LogP contribution in [-0.2, 0) is 32.7 Å². The number of nitrogen functional groups attached to an aromatic ring is 1. The second-order valence-corrected chi connectivity index (χ2v) is 2.61. The Morgan fingerprint density at radius 1 is 1.14 bits per heavy atom. The van der Waals surface area contributed by atoms with Gasteiger partial charge in [-0.05, 0) is 11.6 Å². The van der Waals surface area contributed by atoms with E-state index in [2.05, 4.69) is 4.98 Å². The summed E-state index contributed by atoms with van der Waals surface area (Å²) in [6, 6.07) is 8.97. The summed E-state index contributed by atoms with van der Waals surface area (Å²) in [6.45, 7) is 0. The molecule has 0 aliphatic carbocycles. The average molecular weight is 262 g/mol. The Balaban J connectivity index is 0.000000845. The Morgan fingerprint density at radius 3 is 2.57 bits per heavy atom. The predicted molar refractivity (Wildman–Crippen MR) is 56.6 cm³/mol. The molecule has 0 spiro atoms. The number of benzene rings is 1. The minimum absolute atomic E-state index is 0. The Morgan fingerprint density at radius 2 is 1.86 bits per heavy atom. The standard InChI is InChI=1S/C9H8N3.CH3.Y/c10-7-2-1-3-8-6(7)4-5-9(11)12-8;;/h1-5H,10H2,(H-,11,12);1H3;/q2*-1;. The van der Waals surface area contributed by atoms with Crippen molar-refractivity contribution in [3.05, 3.63) is 43.5 Å². The molecule has 0 aliphatic heterocycles. The predicted octanol–water partition coefficient (Wildman–Crippen LogP) is 2.95. The second kappa shape index (κ2) is 5.27. The molecule has 0 fully saturated rings. The third kappa shape index (κ3) is 2.43. The number of fused-ring (bicyclic) bond motifs is 1. The molecule has 4 heteroatoms. The molecule has 0 saturated carbocycles. The third-order valence-electron chi connectivity index (χ3n) is 1.77. The normalized spacial score (nSPS) is 8.86. The van der Waals surface area contributed by atoms with Gasteiger partial charge in [-0.3, -0.25) is 0 Å². The number of nitrogens with two attached hydrogens (primary N) is 1. The molecule has 71 valence electrons. The zero-order valence-electron chi connectivity index (χ0n) is 7.99. The maximum absolute atomic E-state index is 7.30. The van der Waals surface area contributed by atoms with Crippen LogP contribution in [0.4, 0.5) is 11.5 Å². The molecule has 2 aromatic rings. The molecule has 3 N–H and O–H groups in total. The van der Waals surface area contributed by atoms with E-state index in [1.165, 1.54) is 0 Å². The van der Waals surface area contributed by atoms with Gasteiger partial charge >= 0.3 is 0 Å². The Hall–Kier alpha value is -0.666. The molecule has 0 amide bonds. The number of hydrogen-bond acceptors (Lipinski definition) is 2. The average Bonchev–Trinajstić information content (AvgIpc) is 2.04. The molecule has 14 heavy (non-hydrogen) atoms. The molecule has 0 bridgehead atoms. The van der Waals surface area contributed by atoms with Crippen molar-refractivity contribution >= 4 is 22.4 Å². The molecule has 3 nitrogen and oxygen atoms in total. The first-order chi connectivity index (χ1) is 5.77. The van der Waals surface area contributed by atoms with Gasteiger partial charge in [0.05, 0.1) is 0 Å². The first-order valence-electron chi connectivity index (χ1n) is 3.64.